The Labute approximate surface area is 304 Å². The van der Waals surface area contributed by atoms with E-state index >= 15 is 0 Å². The molecule has 0 bridgehead atoms. The van der Waals surface area contributed by atoms with Gasteiger partial charge in [0.1, 0.15) is 0 Å². The molecule has 7 rings (SSSR count). The number of sulfonamides is 1. The van der Waals surface area contributed by atoms with Crippen molar-refractivity contribution in [3.05, 3.63) is 208 Å². The van der Waals surface area contributed by atoms with E-state index < -0.39 is 20.9 Å². The largest absolute Gasteiger partial charge is 0.243 e. The number of hydrogen-bond acceptors (Lipinski definition) is 2. The topological polar surface area (TPSA) is 37.4 Å². The fourth-order valence-corrected chi connectivity index (χ4v) is 10.3. The van der Waals surface area contributed by atoms with Crippen molar-refractivity contribution < 1.29 is 8.42 Å². The number of fused-ring (bicyclic) bond motifs is 3. The van der Waals surface area contributed by atoms with Crippen LogP contribution in [-0.2, 0) is 15.4 Å². The van der Waals surface area contributed by atoms with Crippen LogP contribution in [0.3, 0.4) is 0 Å². The first-order valence-electron chi connectivity index (χ1n) is 17.7. The van der Waals surface area contributed by atoms with E-state index in [1.54, 1.807) is 22.5 Å². The highest BCUT2D eigenvalue weighted by Crippen LogP contribution is 2.70. The summed E-state index contributed by atoms with van der Waals surface area (Å²) in [5.74, 6) is 0. The predicted molar refractivity (Wildman–Crippen MR) is 212 cm³/mol. The Balaban J connectivity index is 1.70. The van der Waals surface area contributed by atoms with Gasteiger partial charge in [-0.15, -0.1) is 6.58 Å². The van der Waals surface area contributed by atoms with Gasteiger partial charge in [-0.05, 0) is 88.6 Å². The molecule has 1 unspecified atom stereocenters. The minimum Gasteiger partial charge on any atom is -0.207 e. The quantitative estimate of drug-likeness (QED) is 0.145. The zero-order valence-corrected chi connectivity index (χ0v) is 31.0. The van der Waals surface area contributed by atoms with E-state index in [-0.39, 0.29) is 18.0 Å². The number of nitrogens with zero attached hydrogens (tertiary/aromatic N) is 1. The normalized spacial score (nSPS) is 17.8. The molecule has 256 valence electrons. The molecule has 1 saturated carbocycles. The summed E-state index contributed by atoms with van der Waals surface area (Å²) < 4.78 is 31.5. The van der Waals surface area contributed by atoms with Gasteiger partial charge < -0.3 is 0 Å². The molecular weight excluding hydrogens is 643 g/mol. The summed E-state index contributed by atoms with van der Waals surface area (Å²) >= 11 is 0. The van der Waals surface area contributed by atoms with Gasteiger partial charge in [0, 0.05) is 18.5 Å². The maximum absolute atomic E-state index is 14.9. The van der Waals surface area contributed by atoms with Crippen LogP contribution in [-0.4, -0.2) is 25.8 Å². The van der Waals surface area contributed by atoms with Crippen LogP contribution in [0.25, 0.3) is 11.1 Å². The van der Waals surface area contributed by atoms with Gasteiger partial charge in [0.15, 0.2) is 0 Å². The molecule has 0 saturated heterocycles. The van der Waals surface area contributed by atoms with Gasteiger partial charge in [0.25, 0.3) is 0 Å². The average molecular weight is 688 g/mol. The molecule has 5 aromatic rings. The Morgan fingerprint density at radius 3 is 1.78 bits per heavy atom. The van der Waals surface area contributed by atoms with Crippen LogP contribution in [0.1, 0.15) is 61.1 Å². The molecule has 0 N–H and O–H groups in total. The molecule has 4 heteroatoms. The molecule has 5 aromatic carbocycles. The van der Waals surface area contributed by atoms with Crippen molar-refractivity contribution in [2.75, 3.05) is 13.1 Å². The molecule has 0 aliphatic heterocycles. The van der Waals surface area contributed by atoms with E-state index in [9.17, 15) is 8.42 Å². The van der Waals surface area contributed by atoms with Crippen LogP contribution in [0.2, 0.25) is 0 Å². The maximum atomic E-state index is 14.9. The van der Waals surface area contributed by atoms with Crippen molar-refractivity contribution in [2.24, 2.45) is 5.41 Å². The third-order valence-corrected chi connectivity index (χ3v) is 12.4. The monoisotopic (exact) mass is 687 g/mol. The molecule has 1 fully saturated rings. The molecule has 0 aromatic heterocycles. The maximum Gasteiger partial charge on any atom is 0.243 e. The summed E-state index contributed by atoms with van der Waals surface area (Å²) in [5, 5.41) is 0. The van der Waals surface area contributed by atoms with Crippen molar-refractivity contribution >= 4 is 21.2 Å². The lowest BCUT2D eigenvalue weighted by molar-refractivity contribution is 0.378. The first kappa shape index (κ1) is 34.4. The second-order valence-corrected chi connectivity index (χ2v) is 16.4. The Bertz CT molecular complexity index is 2270. The van der Waals surface area contributed by atoms with E-state index in [0.717, 1.165) is 44.5 Å². The first-order valence-corrected chi connectivity index (χ1v) is 19.1. The lowest BCUT2D eigenvalue weighted by atomic mass is 9.70. The lowest BCUT2D eigenvalue weighted by Gasteiger charge is -2.38. The van der Waals surface area contributed by atoms with E-state index in [4.69, 9.17) is 0 Å². The molecule has 0 spiro atoms. The molecular formula is C47H45NO2S. The highest BCUT2D eigenvalue weighted by molar-refractivity contribution is 7.89. The van der Waals surface area contributed by atoms with E-state index in [2.05, 4.69) is 150 Å². The highest BCUT2D eigenvalue weighted by atomic mass is 32.2. The van der Waals surface area contributed by atoms with Crippen LogP contribution in [0, 0.1) is 12.3 Å². The summed E-state index contributed by atoms with van der Waals surface area (Å²) in [5.41, 5.74) is 12.4. The number of allylic oxidation sites excluding steroid dienone is 2. The van der Waals surface area contributed by atoms with Crippen molar-refractivity contribution in [3.8, 4) is 0 Å². The summed E-state index contributed by atoms with van der Waals surface area (Å²) in [6, 6.07) is 47.7. The van der Waals surface area contributed by atoms with Gasteiger partial charge in [-0.25, -0.2) is 8.42 Å². The molecule has 1 atom stereocenters. The van der Waals surface area contributed by atoms with Crippen molar-refractivity contribution in [3.63, 3.8) is 0 Å². The molecule has 2 aliphatic carbocycles. The SMILES string of the molecule is C=CCN(CC12C(=C(c3ccccc3)c3ccccc3)C(=C(C)C)C(C)(C)C1=C(c1ccccc1)c1ccccc12)S(=O)(=O)c1ccc(C)cc1. The van der Waals surface area contributed by atoms with Gasteiger partial charge in [-0.2, -0.15) is 4.31 Å². The molecule has 3 nitrogen and oxygen atoms in total. The standard InChI is InChI=1S/C47H45NO2S/c1-7-31-48(51(49,50)38-29-27-34(4)28-30-38)32-47-40-26-18-17-25-39(40)42(37-23-15-10-16-24-37)45(47)46(5,6)43(33(2)3)44(47)41(35-19-11-8-12-20-35)36-21-13-9-14-22-36/h7-30H,1,31-32H2,2-6H3. The summed E-state index contributed by atoms with van der Waals surface area (Å²) in [6.07, 6.45) is 1.71. The van der Waals surface area contributed by atoms with Gasteiger partial charge in [0.05, 0.1) is 10.3 Å². The third-order valence-electron chi connectivity index (χ3n) is 10.6. The Morgan fingerprint density at radius 1 is 0.706 bits per heavy atom. The fraction of sp³-hybridized carbons (Fsp3) is 0.191. The molecule has 51 heavy (non-hydrogen) atoms. The van der Waals surface area contributed by atoms with Crippen LogP contribution in [0.15, 0.2) is 179 Å². The lowest BCUT2D eigenvalue weighted by Crippen LogP contribution is -2.44. The number of hydrogen-bond donors (Lipinski definition) is 0. The minimum atomic E-state index is -3.95. The Morgan fingerprint density at radius 2 is 1.24 bits per heavy atom. The Hall–Kier alpha value is -5.03. The van der Waals surface area contributed by atoms with Crippen molar-refractivity contribution in [1.29, 1.82) is 0 Å². The zero-order chi connectivity index (χ0) is 36.0. The smallest absolute Gasteiger partial charge is 0.207 e. The molecule has 0 radical (unpaired) electrons. The van der Waals surface area contributed by atoms with E-state index in [1.807, 2.05) is 19.1 Å². The third kappa shape index (κ3) is 5.58. The molecule has 0 heterocycles. The highest BCUT2D eigenvalue weighted by Gasteiger charge is 2.62. The van der Waals surface area contributed by atoms with Crippen LogP contribution in [0.4, 0.5) is 0 Å². The average Bonchev–Trinajstić information content (AvgIpc) is 3.54. The second-order valence-electron chi connectivity index (χ2n) is 14.4. The zero-order valence-electron chi connectivity index (χ0n) is 30.1. The minimum absolute atomic E-state index is 0.165. The van der Waals surface area contributed by atoms with E-state index in [1.165, 1.54) is 22.3 Å². The van der Waals surface area contributed by atoms with Crippen molar-refractivity contribution in [2.45, 2.75) is 44.9 Å². The van der Waals surface area contributed by atoms with Gasteiger partial charge in [-0.3, -0.25) is 0 Å². The first-order chi connectivity index (χ1) is 24.5. The molecule has 0 amide bonds. The summed E-state index contributed by atoms with van der Waals surface area (Å²) in [4.78, 5) is 0.281. The predicted octanol–water partition coefficient (Wildman–Crippen LogP) is 10.8. The van der Waals surface area contributed by atoms with E-state index in [0.29, 0.717) is 0 Å². The summed E-state index contributed by atoms with van der Waals surface area (Å²) in [7, 11) is -3.95. The number of aryl methyl sites for hydroxylation is 1. The van der Waals surface area contributed by atoms with Crippen LogP contribution < -0.4 is 0 Å². The van der Waals surface area contributed by atoms with Gasteiger partial charge in [0.2, 0.25) is 10.0 Å². The van der Waals surface area contributed by atoms with Gasteiger partial charge in [-0.1, -0.05) is 158 Å². The number of rotatable bonds is 9. The van der Waals surface area contributed by atoms with Crippen molar-refractivity contribution in [1.82, 2.24) is 4.31 Å². The molecule has 2 aliphatic rings. The summed E-state index contributed by atoms with van der Waals surface area (Å²) in [6.45, 7) is 15.5. The fourth-order valence-electron chi connectivity index (χ4n) is 8.85. The van der Waals surface area contributed by atoms with Crippen LogP contribution in [0.5, 0.6) is 0 Å². The Kier molecular flexibility index (Phi) is 8.95. The van der Waals surface area contributed by atoms with Crippen LogP contribution >= 0.6 is 0 Å². The van der Waals surface area contributed by atoms with Gasteiger partial charge >= 0.3 is 0 Å². The number of benzene rings is 5. The second kappa shape index (κ2) is 13.3.